The quantitative estimate of drug-likeness (QED) is 0.514. The van der Waals surface area contributed by atoms with E-state index in [0.717, 1.165) is 16.9 Å². The first-order chi connectivity index (χ1) is 15.0. The van der Waals surface area contributed by atoms with Crippen LogP contribution in [0.1, 0.15) is 37.8 Å². The van der Waals surface area contributed by atoms with Gasteiger partial charge in [0.05, 0.1) is 11.6 Å². The molecule has 8 heteroatoms. The molecule has 1 N–H and O–H groups in total. The molecule has 0 saturated heterocycles. The topological polar surface area (TPSA) is 71.3 Å². The van der Waals surface area contributed by atoms with Crippen molar-refractivity contribution in [2.24, 2.45) is 0 Å². The van der Waals surface area contributed by atoms with Crippen molar-refractivity contribution < 1.29 is 13.7 Å². The zero-order chi connectivity index (χ0) is 22.0. The molecule has 0 bridgehead atoms. The molecule has 6 nitrogen and oxygen atoms in total. The Morgan fingerprint density at radius 3 is 2.68 bits per heavy atom. The lowest BCUT2D eigenvalue weighted by Gasteiger charge is -2.35. The molecule has 0 radical (unpaired) electrons. The van der Waals surface area contributed by atoms with E-state index in [1.165, 1.54) is 12.1 Å². The number of rotatable bonds is 6. The van der Waals surface area contributed by atoms with Crippen LogP contribution in [0, 0.1) is 5.82 Å². The van der Waals surface area contributed by atoms with Gasteiger partial charge in [-0.2, -0.15) is 4.98 Å². The number of allylic oxidation sites excluding steroid dienone is 1. The minimum Gasteiger partial charge on any atom is -0.334 e. The maximum absolute atomic E-state index is 13.9. The van der Waals surface area contributed by atoms with Gasteiger partial charge in [-0.1, -0.05) is 24.2 Å². The standard InChI is InChI=1S/C23H23FN4O2S/c1-4-12-28-14(2)19(20(25-23(28)29)16-6-5-7-17(24)13-16)22-26-21(27-30-22)15-8-10-18(31-3)11-9-15/h5-11,13,20H,4,12H2,1-3H3,(H,25,29). The van der Waals surface area contributed by atoms with E-state index in [-0.39, 0.29) is 11.8 Å². The SMILES string of the molecule is CCCN1C(=O)NC(c2cccc(F)c2)C(c2nc(-c3ccc(SC)cc3)no2)=C1C. The van der Waals surface area contributed by atoms with Crippen molar-refractivity contribution in [1.29, 1.82) is 0 Å². The van der Waals surface area contributed by atoms with E-state index in [1.54, 1.807) is 28.8 Å². The molecule has 3 aromatic rings. The number of amides is 2. The summed E-state index contributed by atoms with van der Waals surface area (Å²) in [6.45, 7) is 4.41. The third-order valence-corrected chi connectivity index (χ3v) is 5.97. The first kappa shape index (κ1) is 21.1. The zero-order valence-corrected chi connectivity index (χ0v) is 18.4. The fourth-order valence-electron chi connectivity index (χ4n) is 3.68. The van der Waals surface area contributed by atoms with Gasteiger partial charge in [-0.15, -0.1) is 11.8 Å². The fraction of sp³-hybridized carbons (Fsp3) is 0.261. The van der Waals surface area contributed by atoms with Crippen LogP contribution in [0.2, 0.25) is 0 Å². The molecule has 160 valence electrons. The summed E-state index contributed by atoms with van der Waals surface area (Å²) >= 11 is 1.66. The molecule has 0 fully saturated rings. The first-order valence-corrected chi connectivity index (χ1v) is 11.3. The molecule has 1 aliphatic rings. The number of aromatic nitrogens is 2. The van der Waals surface area contributed by atoms with Crippen molar-refractivity contribution >= 4 is 23.4 Å². The molecular formula is C23H23FN4O2S. The van der Waals surface area contributed by atoms with Crippen LogP contribution in [0.3, 0.4) is 0 Å². The Morgan fingerprint density at radius 1 is 1.23 bits per heavy atom. The van der Waals surface area contributed by atoms with E-state index in [0.29, 0.717) is 35.1 Å². The number of benzene rings is 2. The molecule has 1 unspecified atom stereocenters. The average molecular weight is 439 g/mol. The summed E-state index contributed by atoms with van der Waals surface area (Å²) in [6, 6.07) is 13.2. The monoisotopic (exact) mass is 438 g/mol. The number of halogens is 1. The highest BCUT2D eigenvalue weighted by Gasteiger charge is 2.35. The van der Waals surface area contributed by atoms with Gasteiger partial charge in [-0.05, 0) is 61.6 Å². The average Bonchev–Trinajstić information content (AvgIpc) is 3.26. The number of hydrogen-bond acceptors (Lipinski definition) is 5. The van der Waals surface area contributed by atoms with Gasteiger partial charge in [-0.25, -0.2) is 9.18 Å². The molecule has 1 aliphatic heterocycles. The number of carbonyl (C=O) groups is 1. The van der Waals surface area contributed by atoms with Crippen molar-refractivity contribution in [3.05, 3.63) is 71.5 Å². The third kappa shape index (κ3) is 4.20. The lowest BCUT2D eigenvalue weighted by molar-refractivity contribution is 0.205. The number of urea groups is 1. The number of hydrogen-bond donors (Lipinski definition) is 1. The summed E-state index contributed by atoms with van der Waals surface area (Å²) in [5.74, 6) is 0.386. The van der Waals surface area contributed by atoms with Crippen molar-refractivity contribution in [3.8, 4) is 11.4 Å². The summed E-state index contributed by atoms with van der Waals surface area (Å²) in [5.41, 5.74) is 2.83. The summed E-state index contributed by atoms with van der Waals surface area (Å²) in [6.07, 6.45) is 2.81. The van der Waals surface area contributed by atoms with E-state index in [4.69, 9.17) is 4.52 Å². The summed E-state index contributed by atoms with van der Waals surface area (Å²) < 4.78 is 19.6. The molecule has 31 heavy (non-hydrogen) atoms. The Bertz CT molecular complexity index is 1130. The van der Waals surface area contributed by atoms with Crippen molar-refractivity contribution in [2.75, 3.05) is 12.8 Å². The van der Waals surface area contributed by atoms with Gasteiger partial charge in [0.15, 0.2) is 0 Å². The second-order valence-electron chi connectivity index (χ2n) is 7.24. The Kier molecular flexibility index (Phi) is 6.08. The predicted molar refractivity (Wildman–Crippen MR) is 119 cm³/mol. The second-order valence-corrected chi connectivity index (χ2v) is 8.12. The van der Waals surface area contributed by atoms with E-state index in [2.05, 4.69) is 15.5 Å². The van der Waals surface area contributed by atoms with Gasteiger partial charge in [0, 0.05) is 22.7 Å². The third-order valence-electron chi connectivity index (χ3n) is 5.23. The largest absolute Gasteiger partial charge is 0.334 e. The molecule has 2 amide bonds. The molecule has 2 heterocycles. The van der Waals surface area contributed by atoms with Crippen molar-refractivity contribution in [2.45, 2.75) is 31.2 Å². The van der Waals surface area contributed by atoms with Crippen molar-refractivity contribution in [3.63, 3.8) is 0 Å². The number of thioether (sulfide) groups is 1. The van der Waals surface area contributed by atoms with Crippen LogP contribution in [-0.4, -0.2) is 33.9 Å². The minimum absolute atomic E-state index is 0.232. The highest BCUT2D eigenvalue weighted by atomic mass is 32.2. The molecule has 1 aromatic heterocycles. The van der Waals surface area contributed by atoms with Gasteiger partial charge in [0.25, 0.3) is 5.89 Å². The highest BCUT2D eigenvalue weighted by Crippen LogP contribution is 2.37. The Labute approximate surface area is 184 Å². The van der Waals surface area contributed by atoms with Gasteiger partial charge in [-0.3, -0.25) is 4.90 Å². The van der Waals surface area contributed by atoms with Gasteiger partial charge in [0.1, 0.15) is 5.82 Å². The Hall–Kier alpha value is -3.13. The summed E-state index contributed by atoms with van der Waals surface area (Å²) in [4.78, 5) is 20.2. The van der Waals surface area contributed by atoms with E-state index in [9.17, 15) is 9.18 Å². The van der Waals surface area contributed by atoms with Crippen molar-refractivity contribution in [1.82, 2.24) is 20.4 Å². The fourth-order valence-corrected chi connectivity index (χ4v) is 4.09. The van der Waals surface area contributed by atoms with Crippen LogP contribution in [0.15, 0.2) is 63.6 Å². The zero-order valence-electron chi connectivity index (χ0n) is 17.6. The normalized spacial score (nSPS) is 16.6. The molecule has 0 aliphatic carbocycles. The molecule has 0 saturated carbocycles. The van der Waals surface area contributed by atoms with Gasteiger partial charge in [0.2, 0.25) is 5.82 Å². The van der Waals surface area contributed by atoms with Crippen LogP contribution in [0.5, 0.6) is 0 Å². The highest BCUT2D eigenvalue weighted by molar-refractivity contribution is 7.98. The predicted octanol–water partition coefficient (Wildman–Crippen LogP) is 5.51. The molecule has 0 spiro atoms. The lowest BCUT2D eigenvalue weighted by atomic mass is 9.94. The second kappa shape index (κ2) is 8.93. The van der Waals surface area contributed by atoms with Crippen LogP contribution >= 0.6 is 11.8 Å². The number of carbonyl (C=O) groups excluding carboxylic acids is 1. The van der Waals surface area contributed by atoms with Gasteiger partial charge < -0.3 is 9.84 Å². The van der Waals surface area contributed by atoms with Crippen LogP contribution in [0.25, 0.3) is 17.0 Å². The maximum atomic E-state index is 13.9. The molecular weight excluding hydrogens is 415 g/mol. The maximum Gasteiger partial charge on any atom is 0.322 e. The van der Waals surface area contributed by atoms with Crippen LogP contribution < -0.4 is 5.32 Å². The first-order valence-electron chi connectivity index (χ1n) is 10.0. The Morgan fingerprint density at radius 2 is 2.00 bits per heavy atom. The Balaban J connectivity index is 1.79. The summed E-state index contributed by atoms with van der Waals surface area (Å²) in [7, 11) is 0. The van der Waals surface area contributed by atoms with E-state index in [1.807, 2.05) is 44.4 Å². The lowest BCUT2D eigenvalue weighted by Crippen LogP contribution is -2.46. The number of nitrogens with zero attached hydrogens (tertiary/aromatic N) is 3. The summed E-state index contributed by atoms with van der Waals surface area (Å²) in [5, 5.41) is 7.12. The van der Waals surface area contributed by atoms with Crippen LogP contribution in [-0.2, 0) is 0 Å². The van der Waals surface area contributed by atoms with E-state index >= 15 is 0 Å². The van der Waals surface area contributed by atoms with Gasteiger partial charge >= 0.3 is 6.03 Å². The minimum atomic E-state index is -0.594. The molecule has 1 atom stereocenters. The molecule has 2 aromatic carbocycles. The molecule has 4 rings (SSSR count). The number of nitrogens with one attached hydrogen (secondary N) is 1. The smallest absolute Gasteiger partial charge is 0.322 e. The van der Waals surface area contributed by atoms with E-state index < -0.39 is 6.04 Å². The van der Waals surface area contributed by atoms with Crippen LogP contribution in [0.4, 0.5) is 9.18 Å².